The number of hydrogen-bond acceptors (Lipinski definition) is 3. The van der Waals surface area contributed by atoms with Crippen LogP contribution < -0.4 is 11.1 Å². The van der Waals surface area contributed by atoms with Gasteiger partial charge in [-0.15, -0.1) is 0 Å². The van der Waals surface area contributed by atoms with Crippen molar-refractivity contribution in [3.05, 3.63) is 55.2 Å². The summed E-state index contributed by atoms with van der Waals surface area (Å²) in [6.45, 7) is -0.472. The molecule has 0 amide bonds. The third-order valence-corrected chi connectivity index (χ3v) is 4.84. The van der Waals surface area contributed by atoms with E-state index >= 15 is 0 Å². The number of rotatable bonds is 5. The molecular formula is C15H11Br2ClF2N2O. The lowest BCUT2D eigenvalue weighted by atomic mass is 10.0. The van der Waals surface area contributed by atoms with Crippen LogP contribution in [-0.2, 0) is 0 Å². The molecule has 23 heavy (non-hydrogen) atoms. The summed E-state index contributed by atoms with van der Waals surface area (Å²) in [6, 6.07) is 5.11. The molecule has 0 saturated heterocycles. The SMILES string of the molecule is Nc1c(NCCF)cc(Br)c(C(=O)c2cc(F)ccc2Cl)c1Br. The van der Waals surface area contributed by atoms with Crippen molar-refractivity contribution < 1.29 is 13.6 Å². The average molecular weight is 469 g/mol. The molecular weight excluding hydrogens is 457 g/mol. The van der Waals surface area contributed by atoms with Crippen molar-refractivity contribution in [3.63, 3.8) is 0 Å². The van der Waals surface area contributed by atoms with E-state index in [1.54, 1.807) is 6.07 Å². The highest BCUT2D eigenvalue weighted by atomic mass is 79.9. The summed E-state index contributed by atoms with van der Waals surface area (Å²) < 4.78 is 26.4. The highest BCUT2D eigenvalue weighted by Crippen LogP contribution is 2.38. The van der Waals surface area contributed by atoms with E-state index in [1.807, 2.05) is 0 Å². The van der Waals surface area contributed by atoms with Gasteiger partial charge < -0.3 is 11.1 Å². The number of carbonyl (C=O) groups excluding carboxylic acids is 1. The summed E-state index contributed by atoms with van der Waals surface area (Å²) in [5.74, 6) is -1.06. The topological polar surface area (TPSA) is 55.1 Å². The van der Waals surface area contributed by atoms with Crippen molar-refractivity contribution in [2.45, 2.75) is 0 Å². The van der Waals surface area contributed by atoms with E-state index in [9.17, 15) is 13.6 Å². The van der Waals surface area contributed by atoms with Gasteiger partial charge in [0.1, 0.15) is 12.5 Å². The fourth-order valence-corrected chi connectivity index (χ4v) is 3.66. The third kappa shape index (κ3) is 3.84. The lowest BCUT2D eigenvalue weighted by Gasteiger charge is -2.15. The Balaban J connectivity index is 2.53. The Morgan fingerprint density at radius 3 is 2.65 bits per heavy atom. The quantitative estimate of drug-likeness (QED) is 0.469. The molecule has 8 heteroatoms. The molecule has 0 aromatic heterocycles. The molecule has 0 fully saturated rings. The Labute approximate surface area is 153 Å². The highest BCUT2D eigenvalue weighted by molar-refractivity contribution is 9.11. The fraction of sp³-hybridized carbons (Fsp3) is 0.133. The smallest absolute Gasteiger partial charge is 0.196 e. The summed E-state index contributed by atoms with van der Waals surface area (Å²) in [6.07, 6.45) is 0. The molecule has 0 bridgehead atoms. The van der Waals surface area contributed by atoms with Crippen LogP contribution in [0.15, 0.2) is 33.2 Å². The van der Waals surface area contributed by atoms with Crippen LogP contribution in [0, 0.1) is 5.82 Å². The number of carbonyl (C=O) groups is 1. The van der Waals surface area contributed by atoms with Gasteiger partial charge in [-0.3, -0.25) is 4.79 Å². The van der Waals surface area contributed by atoms with Gasteiger partial charge in [-0.2, -0.15) is 0 Å². The maximum absolute atomic E-state index is 13.4. The van der Waals surface area contributed by atoms with Crippen LogP contribution in [0.1, 0.15) is 15.9 Å². The Morgan fingerprint density at radius 2 is 2.00 bits per heavy atom. The number of alkyl halides is 1. The highest BCUT2D eigenvalue weighted by Gasteiger charge is 2.22. The summed E-state index contributed by atoms with van der Waals surface area (Å²) in [7, 11) is 0. The summed E-state index contributed by atoms with van der Waals surface area (Å²) >= 11 is 12.5. The molecule has 0 radical (unpaired) electrons. The molecule has 3 nitrogen and oxygen atoms in total. The van der Waals surface area contributed by atoms with Crippen LogP contribution in [0.5, 0.6) is 0 Å². The Hall–Kier alpha value is -1.18. The van der Waals surface area contributed by atoms with Gasteiger partial charge in [0.2, 0.25) is 0 Å². The average Bonchev–Trinajstić information content (AvgIpc) is 2.51. The Morgan fingerprint density at radius 1 is 1.30 bits per heavy atom. The number of anilines is 2. The molecule has 2 aromatic rings. The minimum Gasteiger partial charge on any atom is -0.396 e. The molecule has 0 aliphatic carbocycles. The molecule has 0 aliphatic heterocycles. The summed E-state index contributed by atoms with van der Waals surface area (Å²) in [4.78, 5) is 12.7. The number of nitrogen functional groups attached to an aromatic ring is 1. The number of benzene rings is 2. The van der Waals surface area contributed by atoms with Crippen LogP contribution in [0.2, 0.25) is 5.02 Å². The second-order valence-corrected chi connectivity index (χ2v) is 6.63. The Bertz CT molecular complexity index is 772. The first-order valence-electron chi connectivity index (χ1n) is 6.43. The number of hydrogen-bond donors (Lipinski definition) is 2. The molecule has 122 valence electrons. The van der Waals surface area contributed by atoms with Gasteiger partial charge in [0.25, 0.3) is 0 Å². The van der Waals surface area contributed by atoms with E-state index in [1.165, 1.54) is 12.1 Å². The molecule has 2 rings (SSSR count). The number of ketones is 1. The summed E-state index contributed by atoms with van der Waals surface area (Å²) in [5, 5.41) is 2.95. The van der Waals surface area contributed by atoms with E-state index in [0.29, 0.717) is 14.6 Å². The standard InChI is InChI=1S/C15H11Br2ClF2N2O/c16-9-6-11(22-4-3-19)14(21)13(17)12(9)15(23)8-5-7(20)1-2-10(8)18/h1-2,5-6,22H,3-4,21H2. The van der Waals surface area contributed by atoms with Crippen molar-refractivity contribution in [1.82, 2.24) is 0 Å². The van der Waals surface area contributed by atoms with Crippen LogP contribution in [0.25, 0.3) is 0 Å². The zero-order valence-electron chi connectivity index (χ0n) is 11.6. The minimum atomic E-state index is -0.570. The molecule has 0 spiro atoms. The normalized spacial score (nSPS) is 10.7. The lowest BCUT2D eigenvalue weighted by molar-refractivity contribution is 0.103. The first-order chi connectivity index (χ1) is 10.9. The largest absolute Gasteiger partial charge is 0.396 e. The lowest BCUT2D eigenvalue weighted by Crippen LogP contribution is -2.10. The number of nitrogens with one attached hydrogen (secondary N) is 1. The third-order valence-electron chi connectivity index (χ3n) is 3.07. The molecule has 0 aliphatic rings. The fourth-order valence-electron chi connectivity index (χ4n) is 1.98. The maximum atomic E-state index is 13.4. The van der Waals surface area contributed by atoms with Gasteiger partial charge in [-0.1, -0.05) is 11.6 Å². The van der Waals surface area contributed by atoms with E-state index in [2.05, 4.69) is 37.2 Å². The monoisotopic (exact) mass is 466 g/mol. The predicted octanol–water partition coefficient (Wildman–Crippen LogP) is 5.20. The zero-order chi connectivity index (χ0) is 17.1. The predicted molar refractivity (Wildman–Crippen MR) is 95.6 cm³/mol. The van der Waals surface area contributed by atoms with Crippen molar-refractivity contribution >= 4 is 60.6 Å². The van der Waals surface area contributed by atoms with E-state index < -0.39 is 18.3 Å². The second-order valence-electron chi connectivity index (χ2n) is 4.58. The van der Waals surface area contributed by atoms with Gasteiger partial charge >= 0.3 is 0 Å². The minimum absolute atomic E-state index is 0.0249. The molecule has 2 aromatic carbocycles. The van der Waals surface area contributed by atoms with Gasteiger partial charge in [0, 0.05) is 16.6 Å². The van der Waals surface area contributed by atoms with Gasteiger partial charge in [0.15, 0.2) is 5.78 Å². The van der Waals surface area contributed by atoms with E-state index in [0.717, 1.165) is 6.07 Å². The summed E-state index contributed by atoms with van der Waals surface area (Å²) in [5.41, 5.74) is 6.92. The number of halogens is 5. The van der Waals surface area contributed by atoms with E-state index in [4.69, 9.17) is 17.3 Å². The Kier molecular flexibility index (Phi) is 6.00. The zero-order valence-corrected chi connectivity index (χ0v) is 15.5. The maximum Gasteiger partial charge on any atom is 0.196 e. The molecule has 0 saturated carbocycles. The van der Waals surface area contributed by atoms with Gasteiger partial charge in [0.05, 0.1) is 26.4 Å². The second kappa shape index (κ2) is 7.59. The van der Waals surface area contributed by atoms with Crippen molar-refractivity contribution in [2.75, 3.05) is 24.3 Å². The van der Waals surface area contributed by atoms with Crippen molar-refractivity contribution in [1.29, 1.82) is 0 Å². The number of nitrogens with two attached hydrogens (primary N) is 1. The van der Waals surface area contributed by atoms with Crippen LogP contribution in [0.4, 0.5) is 20.2 Å². The first kappa shape index (κ1) is 18.2. The molecule has 0 unspecified atom stereocenters. The van der Waals surface area contributed by atoms with Crippen LogP contribution in [-0.4, -0.2) is 19.0 Å². The van der Waals surface area contributed by atoms with Gasteiger partial charge in [-0.25, -0.2) is 8.78 Å². The van der Waals surface area contributed by atoms with Gasteiger partial charge in [-0.05, 0) is 56.1 Å². The van der Waals surface area contributed by atoms with Crippen LogP contribution in [0.3, 0.4) is 0 Å². The first-order valence-corrected chi connectivity index (χ1v) is 8.40. The van der Waals surface area contributed by atoms with Crippen LogP contribution >= 0.6 is 43.5 Å². The van der Waals surface area contributed by atoms with E-state index in [-0.39, 0.29) is 28.4 Å². The van der Waals surface area contributed by atoms with Crippen molar-refractivity contribution in [3.8, 4) is 0 Å². The van der Waals surface area contributed by atoms with Crippen molar-refractivity contribution in [2.24, 2.45) is 0 Å². The molecule has 3 N–H and O–H groups in total. The molecule has 0 heterocycles. The molecule has 0 atom stereocenters.